The van der Waals surface area contributed by atoms with Crippen molar-refractivity contribution in [1.29, 1.82) is 0 Å². The van der Waals surface area contributed by atoms with Crippen molar-refractivity contribution >= 4 is 37.1 Å². The first kappa shape index (κ1) is 26.3. The van der Waals surface area contributed by atoms with E-state index in [1.807, 2.05) is 11.9 Å². The summed E-state index contributed by atoms with van der Waals surface area (Å²) in [7, 11) is -3.05. The molecule has 0 aliphatic carbocycles. The third kappa shape index (κ3) is 6.31. The van der Waals surface area contributed by atoms with Gasteiger partial charge in [0.15, 0.2) is 0 Å². The number of ether oxygens (including phenoxy) is 1. The molecule has 30 heavy (non-hydrogen) atoms. The van der Waals surface area contributed by atoms with Gasteiger partial charge in [0.1, 0.15) is 29.9 Å². The number of aliphatic hydroxyl groups is 2. The maximum atomic E-state index is 12.9. The highest BCUT2D eigenvalue weighted by Gasteiger charge is 2.51. The van der Waals surface area contributed by atoms with Crippen molar-refractivity contribution in [2.24, 2.45) is 5.92 Å². The Hall–Kier alpha value is 0.0600. The van der Waals surface area contributed by atoms with Crippen LogP contribution in [0.1, 0.15) is 26.7 Å². The van der Waals surface area contributed by atoms with E-state index in [0.29, 0.717) is 12.3 Å². The molecule has 0 aromatic rings. The van der Waals surface area contributed by atoms with E-state index in [2.05, 4.69) is 16.8 Å². The van der Waals surface area contributed by atoms with Gasteiger partial charge in [0.25, 0.3) is 0 Å². The van der Waals surface area contributed by atoms with E-state index >= 15 is 0 Å². The van der Waals surface area contributed by atoms with Crippen molar-refractivity contribution in [2.45, 2.75) is 74.0 Å². The van der Waals surface area contributed by atoms with Crippen molar-refractivity contribution in [1.82, 2.24) is 10.2 Å². The fourth-order valence-electron chi connectivity index (χ4n) is 4.05. The minimum absolute atomic E-state index is 0.245. The van der Waals surface area contributed by atoms with Crippen LogP contribution in [0.4, 0.5) is 0 Å². The molecule has 176 valence electrons. The topological polar surface area (TPSA) is 149 Å². The molecule has 2 fully saturated rings. The average molecular weight is 491 g/mol. The molecule has 2 heterocycles. The van der Waals surface area contributed by atoms with E-state index in [0.717, 1.165) is 24.7 Å². The molecule has 0 spiro atoms. The second-order valence-electron chi connectivity index (χ2n) is 7.92. The third-order valence-electron chi connectivity index (χ3n) is 5.75. The number of aliphatic hydroxyl groups excluding tert-OH is 2. The normalized spacial score (nSPS) is 37.7. The molecule has 2 saturated heterocycles. The van der Waals surface area contributed by atoms with Crippen LogP contribution in [0.3, 0.4) is 0 Å². The van der Waals surface area contributed by atoms with Crippen molar-refractivity contribution in [3.8, 4) is 0 Å². The number of phosphoric ester groups is 1. The Labute approximate surface area is 185 Å². The lowest BCUT2D eigenvalue weighted by atomic mass is 9.92. The van der Waals surface area contributed by atoms with Gasteiger partial charge in [0.05, 0.1) is 17.5 Å². The third-order valence-corrected chi connectivity index (χ3v) is 7.38. The number of nitrogens with one attached hydrogen (secondary N) is 1. The lowest BCUT2D eigenvalue weighted by Gasteiger charge is -2.45. The van der Waals surface area contributed by atoms with Gasteiger partial charge in [-0.15, -0.1) is 23.4 Å². The molecule has 5 N–H and O–H groups in total. The number of halogens is 1. The van der Waals surface area contributed by atoms with Crippen LogP contribution in [0, 0.1) is 5.92 Å². The second-order valence-corrected chi connectivity index (χ2v) is 10.7. The number of alkyl halides is 1. The summed E-state index contributed by atoms with van der Waals surface area (Å²) in [6, 6.07) is -1.18. The van der Waals surface area contributed by atoms with E-state index < -0.39 is 49.1 Å². The molecule has 1 amide bonds. The summed E-state index contributed by atoms with van der Waals surface area (Å²) in [6.45, 7) is 4.52. The quantitative estimate of drug-likeness (QED) is 0.234. The summed E-state index contributed by atoms with van der Waals surface area (Å²) in [5.74, 6) is 0.174. The van der Waals surface area contributed by atoms with Crippen LogP contribution in [-0.2, 0) is 18.6 Å². The number of carbonyl (C=O) groups excluding carboxylic acids is 1. The Bertz CT molecular complexity index is 639. The molecule has 0 saturated carbocycles. The van der Waals surface area contributed by atoms with Crippen LogP contribution in [0.2, 0.25) is 0 Å². The highest BCUT2D eigenvalue weighted by Crippen LogP contribution is 2.43. The number of likely N-dealkylation sites (tertiary alicyclic amines) is 1. The van der Waals surface area contributed by atoms with Crippen LogP contribution in [-0.4, -0.2) is 98.0 Å². The molecule has 9 atom stereocenters. The fourth-order valence-corrected chi connectivity index (χ4v) is 5.61. The maximum Gasteiger partial charge on any atom is 0.470 e. The second kappa shape index (κ2) is 10.8. The summed E-state index contributed by atoms with van der Waals surface area (Å²) in [6.07, 6.45) is -2.50. The number of nitrogens with zero attached hydrogens (tertiary/aromatic N) is 1. The zero-order valence-corrected chi connectivity index (χ0v) is 19.9. The van der Waals surface area contributed by atoms with Gasteiger partial charge in [-0.2, -0.15) is 0 Å². The zero-order chi connectivity index (χ0) is 22.8. The molecule has 0 radical (unpaired) electrons. The van der Waals surface area contributed by atoms with Crippen LogP contribution in [0.15, 0.2) is 0 Å². The number of likely N-dealkylation sites (N-methyl/N-ethyl adjacent to an activating group) is 1. The van der Waals surface area contributed by atoms with Gasteiger partial charge in [-0.05, 0) is 32.6 Å². The molecule has 0 bridgehead atoms. The van der Waals surface area contributed by atoms with Gasteiger partial charge >= 0.3 is 7.82 Å². The fraction of sp³-hybridized carbons (Fsp3) is 0.941. The average Bonchev–Trinajstić information content (AvgIpc) is 3.04. The van der Waals surface area contributed by atoms with Crippen LogP contribution in [0.25, 0.3) is 0 Å². The Kier molecular flexibility index (Phi) is 9.46. The lowest BCUT2D eigenvalue weighted by Crippen LogP contribution is -2.65. The summed E-state index contributed by atoms with van der Waals surface area (Å²) >= 11 is 7.36. The first-order valence-corrected chi connectivity index (χ1v) is 13.1. The Morgan fingerprint density at radius 1 is 1.40 bits per heavy atom. The molecule has 13 heteroatoms. The van der Waals surface area contributed by atoms with Crippen molar-refractivity contribution < 1.29 is 38.6 Å². The summed E-state index contributed by atoms with van der Waals surface area (Å²) in [4.78, 5) is 33.1. The predicted molar refractivity (Wildman–Crippen MR) is 113 cm³/mol. The Morgan fingerprint density at radius 2 is 2.03 bits per heavy atom. The van der Waals surface area contributed by atoms with E-state index in [-0.39, 0.29) is 11.9 Å². The molecule has 10 nitrogen and oxygen atoms in total. The highest BCUT2D eigenvalue weighted by molar-refractivity contribution is 7.99. The van der Waals surface area contributed by atoms with E-state index in [4.69, 9.17) is 26.1 Å². The van der Waals surface area contributed by atoms with Crippen molar-refractivity contribution in [2.75, 3.05) is 19.8 Å². The highest BCUT2D eigenvalue weighted by atomic mass is 35.5. The van der Waals surface area contributed by atoms with Gasteiger partial charge in [-0.3, -0.25) is 14.2 Å². The largest absolute Gasteiger partial charge is 0.470 e. The molecular weight excluding hydrogens is 459 g/mol. The number of phosphoric acid groups is 1. The number of hydrogen-bond acceptors (Lipinski definition) is 8. The summed E-state index contributed by atoms with van der Waals surface area (Å²) in [5.41, 5.74) is -0.991. The van der Waals surface area contributed by atoms with Gasteiger partial charge in [0.2, 0.25) is 5.91 Å². The van der Waals surface area contributed by atoms with Crippen molar-refractivity contribution in [3.63, 3.8) is 0 Å². The van der Waals surface area contributed by atoms with Gasteiger partial charge in [-0.25, -0.2) is 4.57 Å². The standard InChI is InChI=1S/C17H32ClN2O8PS/c1-5-9-6-10(20(3)7-9)16(23)19-11(8(2)18)14-12(21)13(22)15(17(27-14)30-4)28-29(24,25)26/h8-15,17,21-22H,5-7H2,1-4H3,(H,19,23)(H2,24,25,26)/t8-,9+,10-,11+,12+,13-,14+,15+,17+/m0/s1. The van der Waals surface area contributed by atoms with Gasteiger partial charge < -0.3 is 30.1 Å². The molecule has 0 unspecified atom stereocenters. The molecule has 0 aromatic heterocycles. The minimum Gasteiger partial charge on any atom is -0.388 e. The zero-order valence-electron chi connectivity index (χ0n) is 17.4. The molecule has 2 rings (SSSR count). The van der Waals surface area contributed by atoms with E-state index in [1.54, 1.807) is 13.2 Å². The Morgan fingerprint density at radius 3 is 2.50 bits per heavy atom. The monoisotopic (exact) mass is 490 g/mol. The van der Waals surface area contributed by atoms with Gasteiger partial charge in [-0.1, -0.05) is 13.3 Å². The summed E-state index contributed by atoms with van der Waals surface area (Å²) in [5, 5.41) is 23.3. The minimum atomic E-state index is -4.93. The number of amides is 1. The number of thioether (sulfide) groups is 1. The number of carbonyl (C=O) groups is 1. The number of hydrogen-bond donors (Lipinski definition) is 5. The Balaban J connectivity index is 2.17. The molecule has 2 aliphatic rings. The first-order chi connectivity index (χ1) is 13.9. The van der Waals surface area contributed by atoms with Crippen LogP contribution in [0.5, 0.6) is 0 Å². The van der Waals surface area contributed by atoms with Gasteiger partial charge in [0, 0.05) is 6.54 Å². The maximum absolute atomic E-state index is 12.9. The van der Waals surface area contributed by atoms with Crippen LogP contribution >= 0.6 is 31.2 Å². The predicted octanol–water partition coefficient (Wildman–Crippen LogP) is 0.116. The molecular formula is C17H32ClN2O8PS. The SMILES string of the molecule is CC[C@@H]1C[C@@H](C(=O)N[C@@H]([C@H]2O[C@H](SC)[C@H](OP(=O)(O)O)[C@@H](O)[C@H]2O)[C@H](C)Cl)N(C)C1. The summed E-state index contributed by atoms with van der Waals surface area (Å²) < 4.78 is 21.7. The van der Waals surface area contributed by atoms with E-state index in [1.165, 1.54) is 0 Å². The molecule has 2 aliphatic heterocycles. The lowest BCUT2D eigenvalue weighted by molar-refractivity contribution is -0.201. The molecule has 0 aromatic carbocycles. The number of rotatable bonds is 8. The first-order valence-electron chi connectivity index (χ1n) is 9.82. The smallest absolute Gasteiger partial charge is 0.388 e. The van der Waals surface area contributed by atoms with Crippen LogP contribution < -0.4 is 5.32 Å². The van der Waals surface area contributed by atoms with E-state index in [9.17, 15) is 19.6 Å². The van der Waals surface area contributed by atoms with Crippen molar-refractivity contribution in [3.05, 3.63) is 0 Å².